The molecule has 0 unspecified atom stereocenters. The average Bonchev–Trinajstić information content (AvgIpc) is 2.81. The predicted octanol–water partition coefficient (Wildman–Crippen LogP) is 3.15. The molecule has 1 aliphatic rings. The fourth-order valence-corrected chi connectivity index (χ4v) is 2.93. The van der Waals surface area contributed by atoms with Gasteiger partial charge in [-0.3, -0.25) is 0 Å². The number of aromatic nitrogens is 2. The van der Waals surface area contributed by atoms with Gasteiger partial charge in [0.1, 0.15) is 5.82 Å². The van der Waals surface area contributed by atoms with Gasteiger partial charge in [0.05, 0.1) is 4.88 Å². The molecule has 16 heavy (non-hydrogen) atoms. The van der Waals surface area contributed by atoms with E-state index in [-0.39, 0.29) is 0 Å². The molecule has 0 aromatic carbocycles. The largest absolute Gasteiger partial charge is 0.340 e. The summed E-state index contributed by atoms with van der Waals surface area (Å²) in [6.45, 7) is 0.893. The zero-order valence-corrected chi connectivity index (χ0v) is 11.1. The normalized spacial score (nSPS) is 15.6. The number of imidazole rings is 1. The van der Waals surface area contributed by atoms with E-state index >= 15 is 0 Å². The molecule has 0 bridgehead atoms. The lowest BCUT2D eigenvalue weighted by atomic mass is 10.4. The lowest BCUT2D eigenvalue weighted by Gasteiger charge is -1.98. The molecule has 3 nitrogen and oxygen atoms in total. The van der Waals surface area contributed by atoms with Crippen LogP contribution in [0.5, 0.6) is 0 Å². The molecule has 1 aliphatic carbocycles. The molecule has 84 valence electrons. The summed E-state index contributed by atoms with van der Waals surface area (Å²) >= 11 is 5.14. The van der Waals surface area contributed by atoms with Crippen LogP contribution in [-0.2, 0) is 6.54 Å². The Labute approximate surface area is 106 Å². The average molecular weight is 298 g/mol. The topological polar surface area (TPSA) is 40.7 Å². The second kappa shape index (κ2) is 4.31. The quantitative estimate of drug-likeness (QED) is 0.910. The van der Waals surface area contributed by atoms with Gasteiger partial charge in [0.2, 0.25) is 0 Å². The monoisotopic (exact) mass is 297 g/mol. The number of hydrogen-bond donors (Lipinski definition) is 2. The highest BCUT2D eigenvalue weighted by atomic mass is 79.9. The number of H-pyrrole nitrogens is 1. The van der Waals surface area contributed by atoms with Gasteiger partial charge in [-0.1, -0.05) is 0 Å². The lowest BCUT2D eigenvalue weighted by molar-refractivity contribution is 0.677. The van der Waals surface area contributed by atoms with E-state index in [2.05, 4.69) is 42.7 Å². The van der Waals surface area contributed by atoms with E-state index in [0.717, 1.165) is 28.6 Å². The molecule has 0 aliphatic heterocycles. The molecule has 0 saturated heterocycles. The van der Waals surface area contributed by atoms with Crippen molar-refractivity contribution in [1.82, 2.24) is 15.3 Å². The molecule has 2 aromatic rings. The van der Waals surface area contributed by atoms with Gasteiger partial charge < -0.3 is 10.3 Å². The van der Waals surface area contributed by atoms with Crippen molar-refractivity contribution in [1.29, 1.82) is 0 Å². The molecule has 0 amide bonds. The standard InChI is InChI=1S/C11H12BrN3S/c12-7-3-10(16-6-7)11-14-5-9(15-11)4-13-8-1-2-8/h3,5-6,8,13H,1-2,4H2,(H,14,15). The Morgan fingerprint density at radius 2 is 2.44 bits per heavy atom. The molecule has 0 spiro atoms. The summed E-state index contributed by atoms with van der Waals surface area (Å²) in [4.78, 5) is 8.90. The molecule has 3 rings (SSSR count). The van der Waals surface area contributed by atoms with Crippen molar-refractivity contribution in [3.8, 4) is 10.7 Å². The van der Waals surface area contributed by atoms with Crippen molar-refractivity contribution in [2.45, 2.75) is 25.4 Å². The minimum Gasteiger partial charge on any atom is -0.340 e. The van der Waals surface area contributed by atoms with Gasteiger partial charge in [0.25, 0.3) is 0 Å². The predicted molar refractivity (Wildman–Crippen MR) is 69.5 cm³/mol. The highest BCUT2D eigenvalue weighted by Crippen LogP contribution is 2.27. The van der Waals surface area contributed by atoms with Crippen LogP contribution in [0.4, 0.5) is 0 Å². The zero-order valence-electron chi connectivity index (χ0n) is 8.66. The first-order valence-electron chi connectivity index (χ1n) is 5.33. The molecule has 0 radical (unpaired) electrons. The van der Waals surface area contributed by atoms with Crippen LogP contribution in [0.25, 0.3) is 10.7 Å². The molecule has 1 fully saturated rings. The van der Waals surface area contributed by atoms with E-state index in [4.69, 9.17) is 0 Å². The molecule has 2 aromatic heterocycles. The van der Waals surface area contributed by atoms with Crippen LogP contribution >= 0.6 is 27.3 Å². The summed E-state index contributed by atoms with van der Waals surface area (Å²) in [6.07, 6.45) is 4.55. The second-order valence-electron chi connectivity index (χ2n) is 4.04. The number of rotatable bonds is 4. The smallest absolute Gasteiger partial charge is 0.147 e. The van der Waals surface area contributed by atoms with E-state index in [9.17, 15) is 0 Å². The zero-order chi connectivity index (χ0) is 11.0. The lowest BCUT2D eigenvalue weighted by Crippen LogP contribution is -2.15. The Bertz CT molecular complexity index is 487. The summed E-state index contributed by atoms with van der Waals surface area (Å²) in [5, 5.41) is 5.54. The van der Waals surface area contributed by atoms with Gasteiger partial charge in [-0.05, 0) is 34.8 Å². The van der Waals surface area contributed by atoms with E-state index in [1.54, 1.807) is 11.3 Å². The van der Waals surface area contributed by atoms with Crippen LogP contribution < -0.4 is 5.32 Å². The number of halogens is 1. The Hall–Kier alpha value is -0.650. The van der Waals surface area contributed by atoms with Crippen LogP contribution in [0, 0.1) is 0 Å². The summed E-state index contributed by atoms with van der Waals surface area (Å²) in [5.74, 6) is 0.961. The van der Waals surface area contributed by atoms with Crippen molar-refractivity contribution < 1.29 is 0 Å². The number of hydrogen-bond acceptors (Lipinski definition) is 3. The van der Waals surface area contributed by atoms with E-state index < -0.39 is 0 Å². The van der Waals surface area contributed by atoms with Crippen molar-refractivity contribution >= 4 is 27.3 Å². The van der Waals surface area contributed by atoms with E-state index in [1.807, 2.05) is 6.20 Å². The summed E-state index contributed by atoms with van der Waals surface area (Å²) in [5.41, 5.74) is 1.16. The maximum Gasteiger partial charge on any atom is 0.147 e. The Kier molecular flexibility index (Phi) is 2.83. The van der Waals surface area contributed by atoms with Crippen molar-refractivity contribution in [3.63, 3.8) is 0 Å². The Morgan fingerprint density at radius 1 is 1.56 bits per heavy atom. The molecule has 2 N–H and O–H groups in total. The van der Waals surface area contributed by atoms with Gasteiger partial charge in [-0.2, -0.15) is 0 Å². The first-order chi connectivity index (χ1) is 7.81. The molecule has 1 saturated carbocycles. The summed E-state index contributed by atoms with van der Waals surface area (Å²) < 4.78 is 1.11. The Balaban J connectivity index is 1.71. The molecule has 0 atom stereocenters. The SMILES string of the molecule is Brc1csc(-c2ncc(CNC3CC3)[nH]2)c1. The van der Waals surface area contributed by atoms with Crippen LogP contribution in [-0.4, -0.2) is 16.0 Å². The van der Waals surface area contributed by atoms with Crippen LogP contribution in [0.15, 0.2) is 22.1 Å². The third-order valence-electron chi connectivity index (χ3n) is 2.59. The highest BCUT2D eigenvalue weighted by molar-refractivity contribution is 9.10. The van der Waals surface area contributed by atoms with Gasteiger partial charge in [0, 0.05) is 34.3 Å². The summed E-state index contributed by atoms with van der Waals surface area (Å²) in [7, 11) is 0. The van der Waals surface area contributed by atoms with Gasteiger partial charge in [-0.25, -0.2) is 4.98 Å². The highest BCUT2D eigenvalue weighted by Gasteiger charge is 2.20. The first-order valence-corrected chi connectivity index (χ1v) is 7.00. The number of aromatic amines is 1. The first kappa shape index (κ1) is 10.5. The second-order valence-corrected chi connectivity index (χ2v) is 5.87. The fourth-order valence-electron chi connectivity index (χ4n) is 1.55. The van der Waals surface area contributed by atoms with Crippen LogP contribution in [0.1, 0.15) is 18.5 Å². The fraction of sp³-hybridized carbons (Fsp3) is 0.364. The summed E-state index contributed by atoms with van der Waals surface area (Å²) in [6, 6.07) is 2.82. The van der Waals surface area contributed by atoms with Gasteiger partial charge in [0.15, 0.2) is 0 Å². The van der Waals surface area contributed by atoms with E-state index in [0.29, 0.717) is 0 Å². The van der Waals surface area contributed by atoms with Crippen molar-refractivity contribution in [2.24, 2.45) is 0 Å². The number of nitrogens with zero attached hydrogens (tertiary/aromatic N) is 1. The Morgan fingerprint density at radius 3 is 3.12 bits per heavy atom. The number of thiophene rings is 1. The molecular weight excluding hydrogens is 286 g/mol. The third-order valence-corrected chi connectivity index (χ3v) is 4.29. The third kappa shape index (κ3) is 2.36. The minimum absolute atomic E-state index is 0.739. The van der Waals surface area contributed by atoms with Crippen molar-refractivity contribution in [3.05, 3.63) is 27.8 Å². The van der Waals surface area contributed by atoms with Gasteiger partial charge >= 0.3 is 0 Å². The van der Waals surface area contributed by atoms with Crippen molar-refractivity contribution in [2.75, 3.05) is 0 Å². The number of nitrogens with one attached hydrogen (secondary N) is 2. The van der Waals surface area contributed by atoms with E-state index in [1.165, 1.54) is 17.7 Å². The molecule has 5 heteroatoms. The molecule has 2 heterocycles. The van der Waals surface area contributed by atoms with Crippen LogP contribution in [0.3, 0.4) is 0 Å². The molecular formula is C11H12BrN3S. The maximum atomic E-state index is 4.39. The van der Waals surface area contributed by atoms with Gasteiger partial charge in [-0.15, -0.1) is 11.3 Å². The maximum absolute atomic E-state index is 4.39. The minimum atomic E-state index is 0.739. The van der Waals surface area contributed by atoms with Crippen LogP contribution in [0.2, 0.25) is 0 Å².